The summed E-state index contributed by atoms with van der Waals surface area (Å²) >= 11 is 0. The Kier molecular flexibility index (Phi) is 26.9. The number of nitrogens with one attached hydrogen (secondary N) is 1. The second kappa shape index (κ2) is 37.5. The molecule has 21 atom stereocenters. The van der Waals surface area contributed by atoms with Gasteiger partial charge in [-0.25, -0.2) is 0 Å². The number of hydrogen-bond acceptors (Lipinski definition) is 18. The van der Waals surface area contributed by atoms with E-state index in [1.807, 2.05) is 263 Å². The molecule has 5 aliphatic heterocycles. The van der Waals surface area contributed by atoms with Gasteiger partial charge in [0.15, 0.2) is 31.5 Å². The summed E-state index contributed by atoms with van der Waals surface area (Å²) in [5.41, 5.74) is 7.20. The summed E-state index contributed by atoms with van der Waals surface area (Å²) in [7, 11) is 0. The molecular formula is C85H95NO18. The molecule has 104 heavy (non-hydrogen) atoms. The predicted octanol–water partition coefficient (Wildman–Crippen LogP) is 13.0. The lowest BCUT2D eigenvalue weighted by atomic mass is 9.94. The minimum atomic E-state index is -1.35. The van der Waals surface area contributed by atoms with Crippen LogP contribution in [0.5, 0.6) is 0 Å². The molecular weight excluding hydrogens is 1320 g/mol. The van der Waals surface area contributed by atoms with Crippen molar-refractivity contribution in [1.29, 1.82) is 0 Å². The highest BCUT2D eigenvalue weighted by Gasteiger charge is 2.59. The summed E-state index contributed by atoms with van der Waals surface area (Å²) in [5, 5.41) is 3.12. The van der Waals surface area contributed by atoms with Gasteiger partial charge in [0.05, 0.1) is 77.8 Å². The fraction of sp³-hybridized carbons (Fsp3) is 0.400. The van der Waals surface area contributed by atoms with E-state index in [4.69, 9.17) is 80.5 Å². The number of benzene rings is 8. The molecule has 0 radical (unpaired) electrons. The Morgan fingerprint density at radius 1 is 0.365 bits per heavy atom. The van der Waals surface area contributed by atoms with Crippen molar-refractivity contribution in [2.45, 2.75) is 203 Å². The smallest absolute Gasteiger partial charge is 0.217 e. The second-order valence-electron chi connectivity index (χ2n) is 26.8. The minimum absolute atomic E-state index is 0.0566. The van der Waals surface area contributed by atoms with Crippen molar-refractivity contribution in [1.82, 2.24) is 5.32 Å². The van der Waals surface area contributed by atoms with Crippen LogP contribution in [0.2, 0.25) is 0 Å². The van der Waals surface area contributed by atoms with Gasteiger partial charge in [0.25, 0.3) is 0 Å². The number of amides is 1. The van der Waals surface area contributed by atoms with Gasteiger partial charge in [-0.05, 0) is 59.7 Å². The molecule has 19 heteroatoms. The van der Waals surface area contributed by atoms with Gasteiger partial charge in [-0.2, -0.15) is 0 Å². The lowest BCUT2D eigenvalue weighted by molar-refractivity contribution is -0.406. The van der Waals surface area contributed by atoms with Gasteiger partial charge in [-0.15, -0.1) is 6.58 Å². The number of fused-ring (bicyclic) bond motifs is 1. The number of carbonyl (C=O) groups excluding carboxylic acids is 1. The van der Waals surface area contributed by atoms with Gasteiger partial charge in [-0.3, -0.25) is 4.79 Å². The molecule has 0 aromatic heterocycles. The lowest BCUT2D eigenvalue weighted by Gasteiger charge is -2.53. The zero-order chi connectivity index (χ0) is 71.4. The van der Waals surface area contributed by atoms with E-state index < -0.39 is 129 Å². The average molecular weight is 1420 g/mol. The summed E-state index contributed by atoms with van der Waals surface area (Å²) in [5.74, 6) is -0.368. The van der Waals surface area contributed by atoms with Crippen LogP contribution in [0.4, 0.5) is 0 Å². The van der Waals surface area contributed by atoms with E-state index in [-0.39, 0.29) is 65.4 Å². The monoisotopic (exact) mass is 1420 g/mol. The minimum Gasteiger partial charge on any atom is -0.368 e. The van der Waals surface area contributed by atoms with E-state index in [2.05, 4.69) is 11.9 Å². The maximum Gasteiger partial charge on any atom is 0.217 e. The number of ether oxygens (including phenoxy) is 17. The van der Waals surface area contributed by atoms with Crippen LogP contribution in [-0.2, 0) is 132 Å². The lowest BCUT2D eigenvalue weighted by Crippen LogP contribution is -2.70. The van der Waals surface area contributed by atoms with E-state index in [0.717, 1.165) is 44.5 Å². The number of hydrogen-bond donors (Lipinski definition) is 1. The van der Waals surface area contributed by atoms with Crippen molar-refractivity contribution in [3.8, 4) is 0 Å². The first-order chi connectivity index (χ1) is 51.1. The molecule has 0 unspecified atom stereocenters. The predicted molar refractivity (Wildman–Crippen MR) is 385 cm³/mol. The van der Waals surface area contributed by atoms with Crippen LogP contribution in [0.25, 0.3) is 0 Å². The van der Waals surface area contributed by atoms with Crippen LogP contribution in [0.15, 0.2) is 255 Å². The fourth-order valence-electron chi connectivity index (χ4n) is 14.0. The zero-order valence-corrected chi connectivity index (χ0v) is 59.2. The van der Waals surface area contributed by atoms with Gasteiger partial charge in [0.2, 0.25) is 5.91 Å². The Labute approximate surface area is 609 Å². The molecule has 8 aromatic rings. The molecule has 19 nitrogen and oxygen atoms in total. The van der Waals surface area contributed by atoms with E-state index in [1.165, 1.54) is 6.92 Å². The van der Waals surface area contributed by atoms with Crippen LogP contribution in [0.3, 0.4) is 0 Å². The van der Waals surface area contributed by atoms with Gasteiger partial charge in [0.1, 0.15) is 79.3 Å². The van der Waals surface area contributed by atoms with Gasteiger partial charge in [-0.1, -0.05) is 249 Å². The zero-order valence-electron chi connectivity index (χ0n) is 59.2. The van der Waals surface area contributed by atoms with Crippen LogP contribution in [0, 0.1) is 0 Å². The molecule has 1 N–H and O–H groups in total. The van der Waals surface area contributed by atoms with Gasteiger partial charge >= 0.3 is 0 Å². The number of carbonyl (C=O) groups is 1. The summed E-state index contributed by atoms with van der Waals surface area (Å²) < 4.78 is 122. The normalized spacial score (nSPS) is 30.6. The maximum absolute atomic E-state index is 13.6. The summed E-state index contributed by atoms with van der Waals surface area (Å²) in [6.07, 6.45) is -17.7. The van der Waals surface area contributed by atoms with Crippen molar-refractivity contribution in [2.24, 2.45) is 0 Å². The Morgan fingerprint density at radius 2 is 0.673 bits per heavy atom. The van der Waals surface area contributed by atoms with Crippen LogP contribution < -0.4 is 5.32 Å². The molecule has 0 bridgehead atoms. The van der Waals surface area contributed by atoms with Crippen molar-refractivity contribution in [2.75, 3.05) is 13.2 Å². The SMILES string of the molecule is C=CCO[C@H]1O[C@@H]2CO[C@@H](c3ccccc3)O[C@H]2[C@H](O[C@@H]2O[C@@H](C)[C@H](OCc3ccccc3)[C@@H](O[C@@H]3O[C@@H](C)[C@H](OCc4ccccc4)[C@@H](OCc4ccccc4)[C@H]3O[C@@H]3O[C@@H](C)[C@H](OCc4ccccc4)[C@@H](OCc4ccccc4)[C@H]3OCc3ccccc3)[C@H]2OCc2ccccc2)[C@H]1NC(C)=O. The molecule has 5 heterocycles. The Bertz CT molecular complexity index is 3810. The Hall–Kier alpha value is -7.71. The van der Waals surface area contributed by atoms with E-state index in [0.29, 0.717) is 0 Å². The van der Waals surface area contributed by atoms with Crippen molar-refractivity contribution in [3.63, 3.8) is 0 Å². The molecule has 5 aliphatic rings. The molecule has 1 amide bonds. The fourth-order valence-corrected chi connectivity index (χ4v) is 14.0. The van der Waals surface area contributed by atoms with Crippen LogP contribution in [0.1, 0.15) is 78.5 Å². The first-order valence-corrected chi connectivity index (χ1v) is 36.1. The quantitative estimate of drug-likeness (QED) is 0.0392. The Morgan fingerprint density at radius 3 is 1.05 bits per heavy atom. The highest BCUT2D eigenvalue weighted by molar-refractivity contribution is 5.73. The molecule has 0 saturated carbocycles. The van der Waals surface area contributed by atoms with Crippen molar-refractivity contribution in [3.05, 3.63) is 300 Å². The summed E-state index contributed by atoms with van der Waals surface area (Å²) in [6.45, 7) is 12.5. The largest absolute Gasteiger partial charge is 0.368 e. The third kappa shape index (κ3) is 19.7. The molecule has 5 saturated heterocycles. The molecule has 0 aliphatic carbocycles. The van der Waals surface area contributed by atoms with E-state index in [1.54, 1.807) is 6.08 Å². The van der Waals surface area contributed by atoms with Crippen LogP contribution >= 0.6 is 0 Å². The summed E-state index contributed by atoms with van der Waals surface area (Å²) in [4.78, 5) is 13.6. The Balaban J connectivity index is 0.933. The second-order valence-corrected chi connectivity index (χ2v) is 26.8. The molecule has 0 spiro atoms. The highest BCUT2D eigenvalue weighted by atomic mass is 16.8. The van der Waals surface area contributed by atoms with Gasteiger partial charge < -0.3 is 85.8 Å². The van der Waals surface area contributed by atoms with Crippen molar-refractivity contribution < 1.29 is 85.3 Å². The molecule has 8 aromatic carbocycles. The standard InChI is InChI=1S/C85H95NO18/c1-6-47-88-82-69(86-59(5)87)74(73-68(100-82)55-96-81(101-73)67-45-29-14-30-46-67)102-84-79(95-54-66-43-27-13-28-44-66)77(72(58(4)98-84)91-50-62-35-19-9-20-36-62)103-85-80(76(93-52-64-39-23-11-24-40-64)71(57(3)99-85)90-49-61-33-17-8-18-34-61)104-83-78(94-53-65-41-25-12-26-42-65)75(92-51-63-37-21-10-22-38-63)70(56(2)97-83)89-48-60-31-15-7-16-32-60/h6-46,56-58,68-85H,1,47-55H2,2-5H3,(H,86,87)/t56-,57-,58-,68+,69+,70-,71-,72-,73+,74+,75+,76+,77+,78+,79+,80+,81+,82-,83-,84-,85-/m0/s1. The van der Waals surface area contributed by atoms with Crippen molar-refractivity contribution >= 4 is 5.91 Å². The van der Waals surface area contributed by atoms with Crippen LogP contribution in [-0.4, -0.2) is 142 Å². The molecule has 5 fully saturated rings. The van der Waals surface area contributed by atoms with E-state index >= 15 is 0 Å². The first kappa shape index (κ1) is 74.6. The third-order valence-electron chi connectivity index (χ3n) is 19.2. The molecule has 548 valence electrons. The topological polar surface area (TPSA) is 186 Å². The number of rotatable bonds is 32. The highest BCUT2D eigenvalue weighted by Crippen LogP contribution is 2.42. The van der Waals surface area contributed by atoms with Gasteiger partial charge in [0, 0.05) is 12.5 Å². The summed E-state index contributed by atoms with van der Waals surface area (Å²) in [6, 6.07) is 78.2. The van der Waals surface area contributed by atoms with E-state index in [9.17, 15) is 4.79 Å². The maximum atomic E-state index is 13.6. The molecule has 13 rings (SSSR count). The first-order valence-electron chi connectivity index (χ1n) is 36.1. The third-order valence-corrected chi connectivity index (χ3v) is 19.2. The average Bonchev–Trinajstić information content (AvgIpc) is 0.761.